The monoisotopic (exact) mass is 374 g/mol. The van der Waals surface area contributed by atoms with Gasteiger partial charge in [-0.15, -0.1) is 5.10 Å². The van der Waals surface area contributed by atoms with Crippen LogP contribution in [0.25, 0.3) is 5.69 Å². The van der Waals surface area contributed by atoms with Gasteiger partial charge in [0.1, 0.15) is 6.33 Å². The molecule has 0 aliphatic rings. The first-order valence-corrected chi connectivity index (χ1v) is 8.29. The van der Waals surface area contributed by atoms with Gasteiger partial charge in [-0.05, 0) is 65.0 Å². The summed E-state index contributed by atoms with van der Waals surface area (Å²) in [6.07, 6.45) is 2.90. The quantitative estimate of drug-likeness (QED) is 0.555. The van der Waals surface area contributed by atoms with E-state index >= 15 is 0 Å². The van der Waals surface area contributed by atoms with Crippen molar-refractivity contribution in [2.75, 3.05) is 10.6 Å². The van der Waals surface area contributed by atoms with E-state index in [4.69, 9.17) is 4.42 Å². The number of anilines is 2. The molecular weight excluding hydrogens is 360 g/mol. The number of carbonyl (C=O) groups is 2. The molecule has 0 bridgehead atoms. The lowest BCUT2D eigenvalue weighted by molar-refractivity contribution is 0.0995. The van der Waals surface area contributed by atoms with Crippen molar-refractivity contribution in [3.05, 3.63) is 84.6 Å². The zero-order valence-electron chi connectivity index (χ0n) is 14.4. The highest BCUT2D eigenvalue weighted by Crippen LogP contribution is 2.16. The molecule has 0 fully saturated rings. The number of carbonyl (C=O) groups excluding carboxylic acids is 2. The lowest BCUT2D eigenvalue weighted by Gasteiger charge is -2.08. The number of nitrogens with zero attached hydrogens (tertiary/aromatic N) is 4. The molecule has 0 atom stereocenters. The van der Waals surface area contributed by atoms with E-state index in [9.17, 15) is 9.59 Å². The van der Waals surface area contributed by atoms with Gasteiger partial charge in [-0.1, -0.05) is 6.07 Å². The second-order valence-corrected chi connectivity index (χ2v) is 5.77. The van der Waals surface area contributed by atoms with E-state index in [1.807, 2.05) is 6.07 Å². The predicted octanol–water partition coefficient (Wildman–Crippen LogP) is 2.76. The van der Waals surface area contributed by atoms with Crippen molar-refractivity contribution in [2.24, 2.45) is 0 Å². The molecule has 2 aromatic carbocycles. The van der Waals surface area contributed by atoms with Crippen molar-refractivity contribution in [1.29, 1.82) is 0 Å². The summed E-state index contributed by atoms with van der Waals surface area (Å²) in [4.78, 5) is 24.4. The van der Waals surface area contributed by atoms with Crippen molar-refractivity contribution >= 4 is 23.2 Å². The van der Waals surface area contributed by atoms with Crippen LogP contribution in [0.3, 0.4) is 0 Å². The zero-order chi connectivity index (χ0) is 19.3. The summed E-state index contributed by atoms with van der Waals surface area (Å²) in [5.74, 6) is -0.427. The third-order valence-electron chi connectivity index (χ3n) is 3.87. The molecule has 9 heteroatoms. The minimum Gasteiger partial charge on any atom is -0.459 e. The van der Waals surface area contributed by atoms with Crippen molar-refractivity contribution in [3.8, 4) is 5.69 Å². The SMILES string of the molecule is O=C(Nc1cccc(-n2cnnn2)c1)c1ccc(NC(=O)c2ccco2)cc1. The van der Waals surface area contributed by atoms with Gasteiger partial charge in [-0.3, -0.25) is 9.59 Å². The Labute approximate surface area is 159 Å². The number of benzene rings is 2. The number of furan rings is 1. The normalized spacial score (nSPS) is 10.4. The van der Waals surface area contributed by atoms with Crippen LogP contribution in [-0.2, 0) is 0 Å². The Hall–Kier alpha value is -4.27. The summed E-state index contributed by atoms with van der Waals surface area (Å²) in [5.41, 5.74) is 2.33. The number of tetrazole rings is 1. The third-order valence-corrected chi connectivity index (χ3v) is 3.87. The molecule has 2 N–H and O–H groups in total. The van der Waals surface area contributed by atoms with Gasteiger partial charge in [0.2, 0.25) is 0 Å². The summed E-state index contributed by atoms with van der Waals surface area (Å²) < 4.78 is 6.53. The maximum Gasteiger partial charge on any atom is 0.291 e. The molecule has 0 aliphatic carbocycles. The number of nitrogens with one attached hydrogen (secondary N) is 2. The van der Waals surface area contributed by atoms with Gasteiger partial charge in [-0.25, -0.2) is 4.68 Å². The summed E-state index contributed by atoms with van der Waals surface area (Å²) in [6.45, 7) is 0. The Morgan fingerprint density at radius 1 is 0.893 bits per heavy atom. The molecule has 0 saturated carbocycles. The second kappa shape index (κ2) is 7.54. The van der Waals surface area contributed by atoms with Crippen LogP contribution in [0, 0.1) is 0 Å². The predicted molar refractivity (Wildman–Crippen MR) is 100 cm³/mol. The van der Waals surface area contributed by atoms with Gasteiger partial charge in [0, 0.05) is 16.9 Å². The highest BCUT2D eigenvalue weighted by molar-refractivity contribution is 6.05. The van der Waals surface area contributed by atoms with Crippen molar-refractivity contribution in [3.63, 3.8) is 0 Å². The largest absolute Gasteiger partial charge is 0.459 e. The molecule has 0 radical (unpaired) electrons. The van der Waals surface area contributed by atoms with Crippen LogP contribution in [0.5, 0.6) is 0 Å². The number of amides is 2. The number of hydrogen-bond donors (Lipinski definition) is 2. The molecule has 2 amide bonds. The molecule has 2 aromatic heterocycles. The molecule has 0 unspecified atom stereocenters. The molecule has 9 nitrogen and oxygen atoms in total. The Morgan fingerprint density at radius 3 is 2.43 bits per heavy atom. The van der Waals surface area contributed by atoms with E-state index in [1.54, 1.807) is 54.6 Å². The van der Waals surface area contributed by atoms with E-state index in [0.29, 0.717) is 16.9 Å². The highest BCUT2D eigenvalue weighted by Gasteiger charge is 2.10. The van der Waals surface area contributed by atoms with E-state index < -0.39 is 0 Å². The van der Waals surface area contributed by atoms with Crippen molar-refractivity contribution < 1.29 is 14.0 Å². The van der Waals surface area contributed by atoms with Crippen LogP contribution in [0.4, 0.5) is 11.4 Å². The lowest BCUT2D eigenvalue weighted by Crippen LogP contribution is -2.13. The Balaban J connectivity index is 1.43. The number of aromatic nitrogens is 4. The summed E-state index contributed by atoms with van der Waals surface area (Å²) in [6, 6.07) is 16.9. The molecule has 28 heavy (non-hydrogen) atoms. The summed E-state index contributed by atoms with van der Waals surface area (Å²) >= 11 is 0. The van der Waals surface area contributed by atoms with Gasteiger partial charge in [0.15, 0.2) is 5.76 Å². The van der Waals surface area contributed by atoms with Gasteiger partial charge in [-0.2, -0.15) is 0 Å². The molecule has 2 heterocycles. The summed E-state index contributed by atoms with van der Waals surface area (Å²) in [7, 11) is 0. The molecule has 138 valence electrons. The van der Waals surface area contributed by atoms with E-state index in [1.165, 1.54) is 17.3 Å². The average Bonchev–Trinajstić information content (AvgIpc) is 3.43. The Morgan fingerprint density at radius 2 is 1.71 bits per heavy atom. The fraction of sp³-hybridized carbons (Fsp3) is 0. The van der Waals surface area contributed by atoms with Crippen LogP contribution in [0.15, 0.2) is 77.7 Å². The smallest absolute Gasteiger partial charge is 0.291 e. The van der Waals surface area contributed by atoms with Gasteiger partial charge in [0.05, 0.1) is 12.0 Å². The molecule has 4 rings (SSSR count). The molecular formula is C19H14N6O3. The minimum absolute atomic E-state index is 0.212. The number of rotatable bonds is 5. The first-order valence-electron chi connectivity index (χ1n) is 8.29. The fourth-order valence-electron chi connectivity index (χ4n) is 2.51. The van der Waals surface area contributed by atoms with Crippen LogP contribution < -0.4 is 10.6 Å². The van der Waals surface area contributed by atoms with E-state index in [-0.39, 0.29) is 17.6 Å². The Bertz CT molecular complexity index is 1090. The highest BCUT2D eigenvalue weighted by atomic mass is 16.3. The molecule has 0 aliphatic heterocycles. The maximum absolute atomic E-state index is 12.5. The van der Waals surface area contributed by atoms with Gasteiger partial charge >= 0.3 is 0 Å². The second-order valence-electron chi connectivity index (χ2n) is 5.77. The fourth-order valence-corrected chi connectivity index (χ4v) is 2.51. The minimum atomic E-state index is -0.360. The maximum atomic E-state index is 12.5. The molecule has 0 saturated heterocycles. The van der Waals surface area contributed by atoms with Crippen molar-refractivity contribution in [1.82, 2.24) is 20.2 Å². The van der Waals surface area contributed by atoms with Gasteiger partial charge < -0.3 is 15.1 Å². The topological polar surface area (TPSA) is 115 Å². The van der Waals surface area contributed by atoms with Gasteiger partial charge in [0.25, 0.3) is 11.8 Å². The third kappa shape index (κ3) is 3.78. The molecule has 0 spiro atoms. The summed E-state index contributed by atoms with van der Waals surface area (Å²) in [5, 5.41) is 16.5. The number of hydrogen-bond acceptors (Lipinski definition) is 6. The lowest BCUT2D eigenvalue weighted by atomic mass is 10.2. The molecule has 4 aromatic rings. The van der Waals surface area contributed by atoms with Crippen LogP contribution in [0.2, 0.25) is 0 Å². The Kier molecular flexibility index (Phi) is 4.62. The van der Waals surface area contributed by atoms with E-state index in [0.717, 1.165) is 5.69 Å². The van der Waals surface area contributed by atoms with Crippen LogP contribution in [0.1, 0.15) is 20.9 Å². The van der Waals surface area contributed by atoms with Crippen LogP contribution in [-0.4, -0.2) is 32.0 Å². The first-order chi connectivity index (χ1) is 13.7. The zero-order valence-corrected chi connectivity index (χ0v) is 14.4. The van der Waals surface area contributed by atoms with Crippen LogP contribution >= 0.6 is 0 Å². The first kappa shape index (κ1) is 17.2. The van der Waals surface area contributed by atoms with E-state index in [2.05, 4.69) is 26.2 Å². The average molecular weight is 374 g/mol. The van der Waals surface area contributed by atoms with Crippen molar-refractivity contribution in [2.45, 2.75) is 0 Å². The standard InChI is InChI=1S/C19H14N6O3/c26-18(22-15-3-1-4-16(11-15)25-12-20-23-24-25)13-6-8-14(9-7-13)21-19(27)17-5-2-10-28-17/h1-12H,(H,21,27)(H,22,26).